The molecule has 0 N–H and O–H groups in total. The Kier molecular flexibility index (Phi) is 7.35. The van der Waals surface area contributed by atoms with E-state index in [1.807, 2.05) is 42.5 Å². The molecule has 5 nitrogen and oxygen atoms in total. The van der Waals surface area contributed by atoms with Gasteiger partial charge in [-0.05, 0) is 99.5 Å². The third-order valence-electron chi connectivity index (χ3n) is 6.36. The molecule has 0 aliphatic heterocycles. The molecule has 1 aliphatic rings. The normalized spacial score (nSPS) is 17.4. The molecule has 0 bridgehead atoms. The summed E-state index contributed by atoms with van der Waals surface area (Å²) in [5.41, 5.74) is 2.95. The summed E-state index contributed by atoms with van der Waals surface area (Å²) in [5, 5.41) is 0. The van der Waals surface area contributed by atoms with Crippen molar-refractivity contribution in [2.75, 3.05) is 0 Å². The van der Waals surface area contributed by atoms with E-state index in [9.17, 15) is 9.59 Å². The molecule has 1 aliphatic carbocycles. The van der Waals surface area contributed by atoms with Crippen LogP contribution in [0.3, 0.4) is 0 Å². The lowest BCUT2D eigenvalue weighted by Gasteiger charge is -2.27. The van der Waals surface area contributed by atoms with Gasteiger partial charge in [-0.15, -0.1) is 0 Å². The van der Waals surface area contributed by atoms with Crippen molar-refractivity contribution in [1.29, 1.82) is 0 Å². The zero-order valence-corrected chi connectivity index (χ0v) is 20.2. The molecule has 0 saturated heterocycles. The smallest absolute Gasteiger partial charge is 0.338 e. The van der Waals surface area contributed by atoms with E-state index in [2.05, 4.69) is 19.2 Å². The molecule has 1 heterocycles. The maximum atomic E-state index is 11.7. The minimum Gasteiger partial charge on any atom is -0.461 e. The van der Waals surface area contributed by atoms with Gasteiger partial charge in [0.15, 0.2) is 0 Å². The largest absolute Gasteiger partial charge is 0.461 e. The van der Waals surface area contributed by atoms with Crippen molar-refractivity contribution in [2.45, 2.75) is 51.4 Å². The van der Waals surface area contributed by atoms with Crippen LogP contribution < -0.4 is 9.47 Å². The Bertz CT molecular complexity index is 1220. The van der Waals surface area contributed by atoms with Crippen LogP contribution in [0.4, 0.5) is 0 Å². The number of carbonyl (C=O) groups excluding carboxylic acids is 2. The molecule has 0 spiro atoms. The number of rotatable bonds is 7. The summed E-state index contributed by atoms with van der Waals surface area (Å²) in [7, 11) is 0. The Morgan fingerprint density at radius 3 is 1.71 bits per heavy atom. The highest BCUT2D eigenvalue weighted by Crippen LogP contribution is 2.42. The summed E-state index contributed by atoms with van der Waals surface area (Å²) in [6, 6.07) is 19.2. The molecule has 1 fully saturated rings. The SMILES string of the molecule is C=C(C)C(=O)Oc1ccc(-c2ccc(C3CCC(c4ccc(OC(=O)C(=C)C)cc4)CC3)o2)cc1. The first-order valence-electron chi connectivity index (χ1n) is 11.9. The molecule has 180 valence electrons. The maximum Gasteiger partial charge on any atom is 0.338 e. The van der Waals surface area contributed by atoms with Gasteiger partial charge in [0, 0.05) is 22.6 Å². The molecule has 0 atom stereocenters. The number of furan rings is 1. The van der Waals surface area contributed by atoms with Gasteiger partial charge in [0.05, 0.1) is 0 Å². The third-order valence-corrected chi connectivity index (χ3v) is 6.36. The summed E-state index contributed by atoms with van der Waals surface area (Å²) < 4.78 is 16.7. The highest BCUT2D eigenvalue weighted by molar-refractivity contribution is 5.89. The Morgan fingerprint density at radius 2 is 1.20 bits per heavy atom. The molecule has 35 heavy (non-hydrogen) atoms. The molecular formula is C30H30O5. The van der Waals surface area contributed by atoms with Crippen LogP contribution in [0.2, 0.25) is 0 Å². The van der Waals surface area contributed by atoms with Crippen LogP contribution in [-0.4, -0.2) is 11.9 Å². The zero-order valence-electron chi connectivity index (χ0n) is 20.2. The molecule has 5 heteroatoms. The predicted molar refractivity (Wildman–Crippen MR) is 135 cm³/mol. The van der Waals surface area contributed by atoms with Crippen LogP contribution in [0.25, 0.3) is 11.3 Å². The molecule has 4 rings (SSSR count). The molecule has 1 saturated carbocycles. The van der Waals surface area contributed by atoms with Crippen LogP contribution in [-0.2, 0) is 9.59 Å². The van der Waals surface area contributed by atoms with Crippen molar-refractivity contribution in [3.8, 4) is 22.8 Å². The van der Waals surface area contributed by atoms with Crippen molar-refractivity contribution >= 4 is 11.9 Å². The molecule has 3 aromatic rings. The number of hydrogen-bond acceptors (Lipinski definition) is 5. The first kappa shape index (κ1) is 24.3. The second-order valence-corrected chi connectivity index (χ2v) is 9.18. The van der Waals surface area contributed by atoms with Gasteiger partial charge in [0.25, 0.3) is 0 Å². The van der Waals surface area contributed by atoms with Crippen molar-refractivity contribution < 1.29 is 23.5 Å². The van der Waals surface area contributed by atoms with Crippen LogP contribution in [0, 0.1) is 0 Å². The Labute approximate surface area is 206 Å². The van der Waals surface area contributed by atoms with E-state index >= 15 is 0 Å². The van der Waals surface area contributed by atoms with E-state index in [0.717, 1.165) is 42.8 Å². The van der Waals surface area contributed by atoms with Crippen molar-refractivity contribution in [1.82, 2.24) is 0 Å². The van der Waals surface area contributed by atoms with Crippen LogP contribution in [0.5, 0.6) is 11.5 Å². The summed E-state index contributed by atoms with van der Waals surface area (Å²) in [5.74, 6) is 2.88. The quantitative estimate of drug-likeness (QED) is 0.205. The zero-order chi connectivity index (χ0) is 24.9. The maximum absolute atomic E-state index is 11.7. The van der Waals surface area contributed by atoms with Crippen LogP contribution >= 0.6 is 0 Å². The fourth-order valence-corrected chi connectivity index (χ4v) is 4.32. The molecule has 0 radical (unpaired) electrons. The van der Waals surface area contributed by atoms with E-state index < -0.39 is 11.9 Å². The van der Waals surface area contributed by atoms with Gasteiger partial charge < -0.3 is 13.9 Å². The van der Waals surface area contributed by atoms with Gasteiger partial charge in [-0.25, -0.2) is 9.59 Å². The van der Waals surface area contributed by atoms with E-state index in [1.54, 1.807) is 26.0 Å². The monoisotopic (exact) mass is 470 g/mol. The average molecular weight is 471 g/mol. The van der Waals surface area contributed by atoms with Crippen molar-refractivity contribution in [3.63, 3.8) is 0 Å². The molecule has 0 unspecified atom stereocenters. The molecule has 0 amide bonds. The van der Waals surface area contributed by atoms with E-state index in [0.29, 0.717) is 34.5 Å². The number of carbonyl (C=O) groups is 2. The Morgan fingerprint density at radius 1 is 0.714 bits per heavy atom. The lowest BCUT2D eigenvalue weighted by atomic mass is 9.78. The van der Waals surface area contributed by atoms with Gasteiger partial charge in [0.2, 0.25) is 0 Å². The summed E-state index contributed by atoms with van der Waals surface area (Å²) in [4.78, 5) is 23.4. The minimum absolute atomic E-state index is 0.362. The number of hydrogen-bond donors (Lipinski definition) is 0. The number of benzene rings is 2. The van der Waals surface area contributed by atoms with Crippen molar-refractivity contribution in [2.24, 2.45) is 0 Å². The predicted octanol–water partition coefficient (Wildman–Crippen LogP) is 7.35. The third kappa shape index (κ3) is 5.99. The second kappa shape index (κ2) is 10.6. The summed E-state index contributed by atoms with van der Waals surface area (Å²) >= 11 is 0. The Balaban J connectivity index is 1.33. The topological polar surface area (TPSA) is 65.7 Å². The van der Waals surface area contributed by atoms with Crippen LogP contribution in [0.1, 0.15) is 62.7 Å². The highest BCUT2D eigenvalue weighted by atomic mass is 16.5. The molecule has 2 aromatic carbocycles. The fourth-order valence-electron chi connectivity index (χ4n) is 4.32. The number of esters is 2. The Hall–Kier alpha value is -3.86. The lowest BCUT2D eigenvalue weighted by Crippen LogP contribution is -2.12. The first-order chi connectivity index (χ1) is 16.8. The minimum atomic E-state index is -0.434. The van der Waals surface area contributed by atoms with Gasteiger partial charge in [-0.1, -0.05) is 25.3 Å². The van der Waals surface area contributed by atoms with E-state index in [-0.39, 0.29) is 0 Å². The van der Waals surface area contributed by atoms with Gasteiger partial charge in [-0.3, -0.25) is 0 Å². The van der Waals surface area contributed by atoms with Gasteiger partial charge >= 0.3 is 11.9 Å². The van der Waals surface area contributed by atoms with E-state index in [1.165, 1.54) is 5.56 Å². The first-order valence-corrected chi connectivity index (χ1v) is 11.9. The molecule has 1 aromatic heterocycles. The van der Waals surface area contributed by atoms with Crippen molar-refractivity contribution in [3.05, 3.63) is 96.3 Å². The van der Waals surface area contributed by atoms with Crippen LogP contribution in [0.15, 0.2) is 89.4 Å². The number of ether oxygens (including phenoxy) is 2. The second-order valence-electron chi connectivity index (χ2n) is 9.18. The lowest BCUT2D eigenvalue weighted by molar-refractivity contribution is -0.130. The van der Waals surface area contributed by atoms with Gasteiger partial charge in [0.1, 0.15) is 23.0 Å². The van der Waals surface area contributed by atoms with Gasteiger partial charge in [-0.2, -0.15) is 0 Å². The standard InChI is InChI=1S/C30H30O5/c1-19(2)29(31)33-25-13-9-22(10-14-25)21-5-7-23(8-6-21)27-17-18-28(35-27)24-11-15-26(16-12-24)34-30(32)20(3)4/h9-18,21,23H,1,3,5-8H2,2,4H3. The van der Waals surface area contributed by atoms with E-state index in [4.69, 9.17) is 13.9 Å². The average Bonchev–Trinajstić information content (AvgIpc) is 3.35. The summed E-state index contributed by atoms with van der Waals surface area (Å²) in [6.07, 6.45) is 4.27. The molecular weight excluding hydrogens is 440 g/mol. The fraction of sp³-hybridized carbons (Fsp3) is 0.267. The highest BCUT2D eigenvalue weighted by Gasteiger charge is 2.26. The summed E-state index contributed by atoms with van der Waals surface area (Å²) in [6.45, 7) is 10.5.